The van der Waals surface area contributed by atoms with Crippen molar-refractivity contribution in [2.24, 2.45) is 0 Å². The van der Waals surface area contributed by atoms with Gasteiger partial charge in [0.05, 0.1) is 68.8 Å². The van der Waals surface area contributed by atoms with E-state index < -0.39 is 0 Å². The second-order valence-corrected chi connectivity index (χ2v) is 15.7. The fourth-order valence-electron chi connectivity index (χ4n) is 9.39. The van der Waals surface area contributed by atoms with Crippen molar-refractivity contribution in [1.29, 1.82) is 0 Å². The summed E-state index contributed by atoms with van der Waals surface area (Å²) >= 11 is 0. The molecule has 294 valence electrons. The van der Waals surface area contributed by atoms with E-state index in [0.29, 0.717) is 17.5 Å². The lowest BCUT2D eigenvalue weighted by Crippen LogP contribution is -2.01. The number of aromatic nitrogens is 9. The average Bonchev–Trinajstić information content (AvgIpc) is 3.99. The Morgan fingerprint density at radius 1 is 0.270 bits per heavy atom. The summed E-state index contributed by atoms with van der Waals surface area (Å²) in [7, 11) is 0. The summed E-state index contributed by atoms with van der Waals surface area (Å²) in [5.74, 6) is 1.77. The normalized spacial score (nSPS) is 11.8. The molecule has 0 aliphatic heterocycles. The van der Waals surface area contributed by atoms with Crippen LogP contribution >= 0.6 is 0 Å². The largest absolute Gasteiger partial charge is 0.308 e. The topological polar surface area (TPSA) is 92.1 Å². The van der Waals surface area contributed by atoms with E-state index in [-0.39, 0.29) is 0 Å². The van der Waals surface area contributed by atoms with E-state index in [4.69, 9.17) is 15.0 Å². The lowest BCUT2D eigenvalue weighted by Gasteiger charge is -2.11. The summed E-state index contributed by atoms with van der Waals surface area (Å²) in [6.45, 7) is 0. The Hall–Kier alpha value is -8.82. The Morgan fingerprint density at radius 3 is 0.873 bits per heavy atom. The Bertz CT molecular complexity index is 3490. The van der Waals surface area contributed by atoms with Gasteiger partial charge in [0, 0.05) is 67.6 Å². The Kier molecular flexibility index (Phi) is 7.70. The molecule has 0 N–H and O–H groups in total. The molecule has 7 aromatic heterocycles. The minimum Gasteiger partial charge on any atom is -0.308 e. The SMILES string of the molecule is c1cncc(-n2c3ccccc3c3cc(-c4nc(-c5ccc6c(c5)c5ccccc5n6-c5cccnc5)nc(-c5ccc6c(c5)c5ccccc5n6-c5cccnc5)n4)ccc32)c1. The number of rotatable bonds is 6. The van der Waals surface area contributed by atoms with E-state index in [9.17, 15) is 0 Å². The van der Waals surface area contributed by atoms with Gasteiger partial charge in [-0.05, 0) is 109 Å². The zero-order chi connectivity index (χ0) is 41.4. The maximum absolute atomic E-state index is 5.29. The van der Waals surface area contributed by atoms with Gasteiger partial charge in [-0.15, -0.1) is 0 Å². The molecule has 0 bridgehead atoms. The van der Waals surface area contributed by atoms with E-state index in [0.717, 1.165) is 99.2 Å². The molecule has 9 nitrogen and oxygen atoms in total. The van der Waals surface area contributed by atoms with Crippen LogP contribution in [0.4, 0.5) is 0 Å². The summed E-state index contributed by atoms with van der Waals surface area (Å²) in [5.41, 5.74) is 12.2. The van der Waals surface area contributed by atoms with Crippen molar-refractivity contribution < 1.29 is 0 Å². The maximum atomic E-state index is 5.29. The first-order valence-electron chi connectivity index (χ1n) is 20.8. The molecule has 0 spiro atoms. The van der Waals surface area contributed by atoms with E-state index in [1.54, 1.807) is 18.6 Å². The monoisotopic (exact) mass is 807 g/mol. The summed E-state index contributed by atoms with van der Waals surface area (Å²) in [6.07, 6.45) is 11.1. The highest BCUT2D eigenvalue weighted by Gasteiger charge is 2.20. The molecule has 0 saturated carbocycles. The lowest BCUT2D eigenvalue weighted by molar-refractivity contribution is 1.07. The number of nitrogens with zero attached hydrogens (tertiary/aromatic N) is 9. The quantitative estimate of drug-likeness (QED) is 0.166. The summed E-state index contributed by atoms with van der Waals surface area (Å²) < 4.78 is 6.79. The zero-order valence-electron chi connectivity index (χ0n) is 33.6. The summed E-state index contributed by atoms with van der Waals surface area (Å²) in [5, 5.41) is 6.72. The zero-order valence-corrected chi connectivity index (χ0v) is 33.6. The van der Waals surface area contributed by atoms with Crippen molar-refractivity contribution in [2.45, 2.75) is 0 Å². The highest BCUT2D eigenvalue weighted by molar-refractivity contribution is 6.12. The van der Waals surface area contributed by atoms with Crippen molar-refractivity contribution in [2.75, 3.05) is 0 Å². The molecular formula is C54H33N9. The number of benzene rings is 6. The van der Waals surface area contributed by atoms with E-state index in [1.807, 2.05) is 36.8 Å². The third kappa shape index (κ3) is 5.50. The van der Waals surface area contributed by atoms with Gasteiger partial charge in [0.2, 0.25) is 0 Å². The minimum atomic E-state index is 0.589. The highest BCUT2D eigenvalue weighted by Crippen LogP contribution is 2.39. The van der Waals surface area contributed by atoms with Crippen LogP contribution in [0.3, 0.4) is 0 Å². The predicted octanol–water partition coefficient (Wildman–Crippen LogP) is 12.3. The third-order valence-electron chi connectivity index (χ3n) is 12.1. The first-order valence-corrected chi connectivity index (χ1v) is 20.8. The maximum Gasteiger partial charge on any atom is 0.164 e. The molecular weight excluding hydrogens is 775 g/mol. The molecule has 7 heterocycles. The molecule has 0 radical (unpaired) electrons. The molecule has 0 atom stereocenters. The van der Waals surface area contributed by atoms with Crippen molar-refractivity contribution in [3.8, 4) is 51.2 Å². The molecule has 6 aromatic carbocycles. The van der Waals surface area contributed by atoms with Crippen LogP contribution in [0.25, 0.3) is 117 Å². The van der Waals surface area contributed by atoms with Gasteiger partial charge >= 0.3 is 0 Å². The fourth-order valence-corrected chi connectivity index (χ4v) is 9.39. The Morgan fingerprint density at radius 2 is 0.571 bits per heavy atom. The molecule has 0 unspecified atom stereocenters. The molecule has 0 aliphatic carbocycles. The lowest BCUT2D eigenvalue weighted by atomic mass is 10.1. The Labute approximate surface area is 359 Å². The smallest absolute Gasteiger partial charge is 0.164 e. The number of hydrogen-bond acceptors (Lipinski definition) is 6. The van der Waals surface area contributed by atoms with Gasteiger partial charge < -0.3 is 13.7 Å². The van der Waals surface area contributed by atoms with Gasteiger partial charge in [0.25, 0.3) is 0 Å². The van der Waals surface area contributed by atoms with E-state index in [2.05, 4.69) is 174 Å². The molecule has 13 aromatic rings. The molecule has 0 saturated heterocycles. The third-order valence-corrected chi connectivity index (χ3v) is 12.1. The van der Waals surface area contributed by atoms with Gasteiger partial charge in [-0.1, -0.05) is 54.6 Å². The molecule has 13 rings (SSSR count). The number of fused-ring (bicyclic) bond motifs is 9. The van der Waals surface area contributed by atoms with Crippen molar-refractivity contribution in [3.05, 3.63) is 201 Å². The molecule has 0 amide bonds. The van der Waals surface area contributed by atoms with Crippen LogP contribution in [0, 0.1) is 0 Å². The van der Waals surface area contributed by atoms with Gasteiger partial charge in [0.15, 0.2) is 17.5 Å². The van der Waals surface area contributed by atoms with Crippen molar-refractivity contribution in [3.63, 3.8) is 0 Å². The predicted molar refractivity (Wildman–Crippen MR) is 253 cm³/mol. The minimum absolute atomic E-state index is 0.589. The first kappa shape index (κ1) is 35.0. The van der Waals surface area contributed by atoms with Crippen molar-refractivity contribution >= 4 is 65.4 Å². The van der Waals surface area contributed by atoms with Gasteiger partial charge in [-0.3, -0.25) is 15.0 Å². The van der Waals surface area contributed by atoms with Crippen LogP contribution < -0.4 is 0 Å². The molecule has 9 heteroatoms. The van der Waals surface area contributed by atoms with Crippen LogP contribution in [0.15, 0.2) is 201 Å². The van der Waals surface area contributed by atoms with E-state index in [1.165, 1.54) is 0 Å². The number of pyridine rings is 3. The average molecular weight is 808 g/mol. The van der Waals surface area contributed by atoms with Gasteiger partial charge in [0.1, 0.15) is 0 Å². The van der Waals surface area contributed by atoms with Crippen LogP contribution in [0.5, 0.6) is 0 Å². The fraction of sp³-hybridized carbons (Fsp3) is 0. The first-order chi connectivity index (χ1) is 31.2. The summed E-state index contributed by atoms with van der Waals surface area (Å²) in [4.78, 5) is 29.2. The van der Waals surface area contributed by atoms with Crippen molar-refractivity contribution in [1.82, 2.24) is 43.6 Å². The molecule has 0 aliphatic rings. The highest BCUT2D eigenvalue weighted by atomic mass is 15.0. The van der Waals surface area contributed by atoms with Crippen LogP contribution in [-0.2, 0) is 0 Å². The van der Waals surface area contributed by atoms with E-state index >= 15 is 0 Å². The van der Waals surface area contributed by atoms with Crippen LogP contribution in [-0.4, -0.2) is 43.6 Å². The molecule has 0 fully saturated rings. The van der Waals surface area contributed by atoms with Gasteiger partial charge in [-0.2, -0.15) is 0 Å². The second-order valence-electron chi connectivity index (χ2n) is 15.7. The van der Waals surface area contributed by atoms with Crippen LogP contribution in [0.1, 0.15) is 0 Å². The standard InChI is InChI=1S/C54H33N9/c1-4-16-46-40(13-1)43-28-34(19-22-49(43)61(46)37-10-7-25-55-31-37)52-58-53(35-20-23-50-44(29-35)41-14-2-5-17-47(41)62(50)38-11-8-26-56-32-38)60-54(59-52)36-21-24-51-45(30-36)42-15-3-6-18-48(42)63(51)39-12-9-27-57-33-39/h1-33H. The Balaban J connectivity index is 1.04. The van der Waals surface area contributed by atoms with Crippen LogP contribution in [0.2, 0.25) is 0 Å². The van der Waals surface area contributed by atoms with Gasteiger partial charge in [-0.25, -0.2) is 15.0 Å². The number of hydrogen-bond donors (Lipinski definition) is 0. The number of para-hydroxylation sites is 3. The summed E-state index contributed by atoms with van der Waals surface area (Å²) in [6, 6.07) is 57.2. The molecule has 63 heavy (non-hydrogen) atoms. The second kappa shape index (κ2) is 13.9.